The van der Waals surface area contributed by atoms with Gasteiger partial charge < -0.3 is 10.1 Å². The van der Waals surface area contributed by atoms with Gasteiger partial charge in [-0.05, 0) is 48.9 Å². The van der Waals surface area contributed by atoms with Gasteiger partial charge in [-0.1, -0.05) is 12.1 Å². The van der Waals surface area contributed by atoms with E-state index in [1.54, 1.807) is 12.1 Å². The second-order valence-electron chi connectivity index (χ2n) is 6.17. The Labute approximate surface area is 167 Å². The highest BCUT2D eigenvalue weighted by atomic mass is 32.2. The van der Waals surface area contributed by atoms with E-state index in [9.17, 15) is 26.4 Å². The summed E-state index contributed by atoms with van der Waals surface area (Å²) in [5, 5.41) is 2.44. The predicted molar refractivity (Wildman–Crippen MR) is 103 cm³/mol. The summed E-state index contributed by atoms with van der Waals surface area (Å²) in [5.74, 6) is -0.0968. The van der Waals surface area contributed by atoms with Gasteiger partial charge in [0.25, 0.3) is 0 Å². The van der Waals surface area contributed by atoms with Crippen molar-refractivity contribution in [1.82, 2.24) is 5.32 Å². The van der Waals surface area contributed by atoms with E-state index in [4.69, 9.17) is 4.74 Å². The number of sulfonamides is 1. The van der Waals surface area contributed by atoms with E-state index in [1.807, 2.05) is 6.92 Å². The molecular weight excluding hydrogens is 409 g/mol. The van der Waals surface area contributed by atoms with Crippen LogP contribution in [0, 0.1) is 0 Å². The van der Waals surface area contributed by atoms with Crippen LogP contribution in [0.3, 0.4) is 0 Å². The number of nitrogens with one attached hydrogen (secondary N) is 1. The molecule has 0 aromatic heterocycles. The summed E-state index contributed by atoms with van der Waals surface area (Å²) in [4.78, 5) is 12.2. The van der Waals surface area contributed by atoms with Gasteiger partial charge in [0.1, 0.15) is 12.3 Å². The van der Waals surface area contributed by atoms with Crippen LogP contribution in [-0.2, 0) is 27.5 Å². The zero-order chi connectivity index (χ0) is 21.7. The van der Waals surface area contributed by atoms with Crippen LogP contribution >= 0.6 is 0 Å². The molecule has 29 heavy (non-hydrogen) atoms. The normalized spacial score (nSPS) is 11.8. The average Bonchev–Trinajstić information content (AvgIpc) is 2.64. The molecule has 6 nitrogen and oxygen atoms in total. The second-order valence-corrected chi connectivity index (χ2v) is 8.08. The maximum Gasteiger partial charge on any atom is 0.416 e. The van der Waals surface area contributed by atoms with Crippen LogP contribution in [0.5, 0.6) is 5.75 Å². The van der Waals surface area contributed by atoms with E-state index in [1.165, 1.54) is 24.3 Å². The molecule has 0 spiro atoms. The van der Waals surface area contributed by atoms with Gasteiger partial charge in [0.05, 0.1) is 24.1 Å². The zero-order valence-electron chi connectivity index (χ0n) is 15.9. The maximum absolute atomic E-state index is 12.8. The molecule has 0 radical (unpaired) electrons. The van der Waals surface area contributed by atoms with Gasteiger partial charge in [-0.3, -0.25) is 9.10 Å². The smallest absolute Gasteiger partial charge is 0.416 e. The van der Waals surface area contributed by atoms with Gasteiger partial charge in [-0.25, -0.2) is 8.42 Å². The lowest BCUT2D eigenvalue weighted by molar-refractivity contribution is -0.137. The Morgan fingerprint density at radius 3 is 2.34 bits per heavy atom. The van der Waals surface area contributed by atoms with E-state index in [2.05, 4.69) is 5.32 Å². The Bertz CT molecular complexity index is 945. The number of carbonyl (C=O) groups excluding carboxylic acids is 1. The molecule has 0 aliphatic carbocycles. The fourth-order valence-electron chi connectivity index (χ4n) is 2.52. The Morgan fingerprint density at radius 2 is 1.79 bits per heavy atom. The highest BCUT2D eigenvalue weighted by Gasteiger charge is 2.30. The zero-order valence-corrected chi connectivity index (χ0v) is 16.7. The lowest BCUT2D eigenvalue weighted by Gasteiger charge is -2.22. The van der Waals surface area contributed by atoms with Gasteiger partial charge in [0, 0.05) is 6.54 Å². The molecule has 1 amide bonds. The van der Waals surface area contributed by atoms with Gasteiger partial charge in [-0.2, -0.15) is 13.2 Å². The Morgan fingerprint density at radius 1 is 1.14 bits per heavy atom. The molecule has 10 heteroatoms. The first-order valence-electron chi connectivity index (χ1n) is 8.64. The van der Waals surface area contributed by atoms with E-state index in [-0.39, 0.29) is 17.8 Å². The van der Waals surface area contributed by atoms with Crippen LogP contribution in [0.2, 0.25) is 0 Å². The molecule has 2 aromatic carbocycles. The number of alkyl halides is 3. The SMILES string of the molecule is CCOc1ccc(N(CC(=O)NCc2cccc(C(F)(F)F)c2)S(C)(=O)=O)cc1. The maximum atomic E-state index is 12.8. The lowest BCUT2D eigenvalue weighted by atomic mass is 10.1. The van der Waals surface area contributed by atoms with Crippen molar-refractivity contribution in [3.63, 3.8) is 0 Å². The van der Waals surface area contributed by atoms with E-state index < -0.39 is 34.2 Å². The molecular formula is C19H21F3N2O4S. The molecule has 0 fully saturated rings. The van der Waals surface area contributed by atoms with Crippen molar-refractivity contribution < 1.29 is 31.1 Å². The number of hydrogen-bond acceptors (Lipinski definition) is 4. The Kier molecular flexibility index (Phi) is 7.12. The Hall–Kier alpha value is -2.75. The molecule has 0 saturated carbocycles. The van der Waals surface area contributed by atoms with Crippen molar-refractivity contribution in [2.75, 3.05) is 23.7 Å². The average molecular weight is 430 g/mol. The molecule has 1 N–H and O–H groups in total. The number of rotatable bonds is 8. The molecule has 0 unspecified atom stereocenters. The molecule has 0 heterocycles. The number of nitrogens with zero attached hydrogens (tertiary/aromatic N) is 1. The number of halogens is 3. The minimum atomic E-state index is -4.49. The van der Waals surface area contributed by atoms with E-state index in [0.29, 0.717) is 12.4 Å². The number of benzene rings is 2. The summed E-state index contributed by atoms with van der Waals surface area (Å²) in [6, 6.07) is 10.7. The van der Waals surface area contributed by atoms with E-state index in [0.717, 1.165) is 22.7 Å². The van der Waals surface area contributed by atoms with Crippen LogP contribution in [0.1, 0.15) is 18.1 Å². The number of carbonyl (C=O) groups is 1. The van der Waals surface area contributed by atoms with Crippen molar-refractivity contribution in [3.05, 3.63) is 59.7 Å². The van der Waals surface area contributed by atoms with Gasteiger partial charge in [-0.15, -0.1) is 0 Å². The summed E-state index contributed by atoms with van der Waals surface area (Å²) in [5.41, 5.74) is -0.304. The third-order valence-corrected chi connectivity index (χ3v) is 5.01. The first kappa shape index (κ1) is 22.5. The minimum Gasteiger partial charge on any atom is -0.494 e. The van der Waals surface area contributed by atoms with Crippen molar-refractivity contribution in [1.29, 1.82) is 0 Å². The fourth-order valence-corrected chi connectivity index (χ4v) is 3.38. The number of ether oxygens (including phenoxy) is 1. The third kappa shape index (κ3) is 6.67. The molecule has 0 atom stereocenters. The fraction of sp³-hybridized carbons (Fsp3) is 0.316. The van der Waals surface area contributed by atoms with Gasteiger partial charge in [0.15, 0.2) is 0 Å². The van der Waals surface area contributed by atoms with Crippen molar-refractivity contribution in [2.24, 2.45) is 0 Å². The topological polar surface area (TPSA) is 75.7 Å². The van der Waals surface area contributed by atoms with Crippen LogP contribution in [0.4, 0.5) is 18.9 Å². The lowest BCUT2D eigenvalue weighted by Crippen LogP contribution is -2.40. The molecule has 0 saturated heterocycles. The predicted octanol–water partition coefficient (Wildman–Crippen LogP) is 3.19. The summed E-state index contributed by atoms with van der Waals surface area (Å²) in [6.07, 6.45) is -3.52. The standard InChI is InChI=1S/C19H21F3N2O4S/c1-3-28-17-9-7-16(8-10-17)24(29(2,26)27)13-18(25)23-12-14-5-4-6-15(11-14)19(20,21)22/h4-11H,3,12-13H2,1-2H3,(H,23,25). The van der Waals surface area contributed by atoms with Crippen molar-refractivity contribution in [3.8, 4) is 5.75 Å². The summed E-state index contributed by atoms with van der Waals surface area (Å²) < 4.78 is 68.7. The monoisotopic (exact) mass is 430 g/mol. The molecule has 2 aromatic rings. The Balaban J connectivity index is 2.07. The molecule has 2 rings (SSSR count). The first-order chi connectivity index (χ1) is 13.5. The summed E-state index contributed by atoms with van der Waals surface area (Å²) in [6.45, 7) is 1.59. The second kappa shape index (κ2) is 9.17. The summed E-state index contributed by atoms with van der Waals surface area (Å²) in [7, 11) is -3.76. The molecule has 0 aliphatic heterocycles. The van der Waals surface area contributed by atoms with Crippen LogP contribution < -0.4 is 14.4 Å². The van der Waals surface area contributed by atoms with Crippen LogP contribution in [0.25, 0.3) is 0 Å². The van der Waals surface area contributed by atoms with Crippen LogP contribution in [0.15, 0.2) is 48.5 Å². The molecule has 0 aliphatic rings. The molecule has 0 bridgehead atoms. The number of anilines is 1. The third-order valence-electron chi connectivity index (χ3n) is 3.87. The minimum absolute atomic E-state index is 0.163. The van der Waals surface area contributed by atoms with Gasteiger partial charge >= 0.3 is 6.18 Å². The molecule has 158 valence electrons. The first-order valence-corrected chi connectivity index (χ1v) is 10.5. The van der Waals surface area contributed by atoms with E-state index >= 15 is 0 Å². The van der Waals surface area contributed by atoms with Crippen molar-refractivity contribution in [2.45, 2.75) is 19.6 Å². The highest BCUT2D eigenvalue weighted by Crippen LogP contribution is 2.29. The quantitative estimate of drug-likeness (QED) is 0.698. The van der Waals surface area contributed by atoms with Crippen molar-refractivity contribution >= 4 is 21.6 Å². The van der Waals surface area contributed by atoms with Crippen LogP contribution in [-0.4, -0.2) is 33.7 Å². The number of hydrogen-bond donors (Lipinski definition) is 1. The highest BCUT2D eigenvalue weighted by molar-refractivity contribution is 7.92. The largest absolute Gasteiger partial charge is 0.494 e. The van der Waals surface area contributed by atoms with Gasteiger partial charge in [0.2, 0.25) is 15.9 Å². The number of amides is 1. The summed E-state index contributed by atoms with van der Waals surface area (Å²) >= 11 is 0.